The second kappa shape index (κ2) is 6.98. The van der Waals surface area contributed by atoms with Gasteiger partial charge >= 0.3 is 0 Å². The molecule has 3 saturated carbocycles. The molecule has 6 nitrogen and oxygen atoms in total. The molecule has 3 aliphatic rings. The van der Waals surface area contributed by atoms with E-state index in [1.54, 1.807) is 18.3 Å². The van der Waals surface area contributed by atoms with Gasteiger partial charge in [-0.3, -0.25) is 9.89 Å². The highest BCUT2D eigenvalue weighted by atomic mass is 16.5. The Morgan fingerprint density at radius 1 is 1.15 bits per heavy atom. The maximum atomic E-state index is 12.5. The van der Waals surface area contributed by atoms with Crippen LogP contribution >= 0.6 is 0 Å². The highest BCUT2D eigenvalue weighted by molar-refractivity contribution is 6.03. The molecule has 3 atom stereocenters. The summed E-state index contributed by atoms with van der Waals surface area (Å²) in [6.07, 6.45) is 11.8. The minimum Gasteiger partial charge on any atom is -0.474 e. The summed E-state index contributed by atoms with van der Waals surface area (Å²) in [7, 11) is 0. The molecule has 0 aliphatic heterocycles. The number of anilines is 1. The minimum absolute atomic E-state index is 0.194. The maximum absolute atomic E-state index is 12.5. The number of nitrogens with one attached hydrogen (secondary N) is 2. The maximum Gasteiger partial charge on any atom is 0.258 e. The fourth-order valence-corrected chi connectivity index (χ4v) is 5.17. The van der Waals surface area contributed by atoms with Crippen LogP contribution in [-0.4, -0.2) is 27.2 Å². The molecule has 2 N–H and O–H groups in total. The van der Waals surface area contributed by atoms with E-state index in [1.165, 1.54) is 38.5 Å². The normalized spacial score (nSPS) is 27.2. The number of carbonyl (C=O) groups excluding carboxylic acids is 1. The van der Waals surface area contributed by atoms with Crippen molar-refractivity contribution in [1.29, 1.82) is 0 Å². The van der Waals surface area contributed by atoms with E-state index in [4.69, 9.17) is 4.74 Å². The molecule has 3 aliphatic carbocycles. The number of fused-ring (bicyclic) bond motifs is 2. The molecule has 3 fully saturated rings. The van der Waals surface area contributed by atoms with E-state index < -0.39 is 0 Å². The smallest absolute Gasteiger partial charge is 0.258 e. The molecule has 6 heteroatoms. The molecular weight excluding hydrogens is 340 g/mol. The topological polar surface area (TPSA) is 79.9 Å². The van der Waals surface area contributed by atoms with Gasteiger partial charge in [0.05, 0.1) is 5.56 Å². The lowest BCUT2D eigenvalue weighted by Gasteiger charge is -2.19. The second-order valence-electron chi connectivity index (χ2n) is 8.35. The molecule has 2 heterocycles. The lowest BCUT2D eigenvalue weighted by atomic mass is 9.86. The quantitative estimate of drug-likeness (QED) is 0.827. The number of nitrogens with zero attached hydrogens (tertiary/aromatic N) is 2. The molecule has 0 spiro atoms. The Balaban J connectivity index is 1.20. The Kier molecular flexibility index (Phi) is 4.34. The van der Waals surface area contributed by atoms with Crippen molar-refractivity contribution in [3.8, 4) is 5.88 Å². The lowest BCUT2D eigenvalue weighted by molar-refractivity contribution is 0.102. The average Bonchev–Trinajstić information content (AvgIpc) is 3.47. The first-order valence-corrected chi connectivity index (χ1v) is 10.2. The van der Waals surface area contributed by atoms with Crippen molar-refractivity contribution in [3.05, 3.63) is 35.7 Å². The Bertz CT molecular complexity index is 810. The standard InChI is InChI=1S/C21H26N4O2/c26-21(15-7-8-20(22-12-15)27-16-3-1-2-4-16)23-19-11-18(24-25-19)17-10-13-5-6-14(17)9-13/h7-8,11-14,16-17H,1-6,9-10H2,(H2,23,24,25,26). The predicted octanol–water partition coefficient (Wildman–Crippen LogP) is 4.28. The SMILES string of the molecule is O=C(Nc1cc(C2CC3CCC2C3)[nH]n1)c1ccc(OC2CCCC2)nc1. The first-order valence-electron chi connectivity index (χ1n) is 10.2. The second-order valence-corrected chi connectivity index (χ2v) is 8.35. The van der Waals surface area contributed by atoms with E-state index in [1.807, 2.05) is 6.07 Å². The fourth-order valence-electron chi connectivity index (χ4n) is 5.17. The van der Waals surface area contributed by atoms with Gasteiger partial charge in [-0.2, -0.15) is 5.10 Å². The Labute approximate surface area is 159 Å². The van der Waals surface area contributed by atoms with Crippen molar-refractivity contribution in [2.45, 2.75) is 63.4 Å². The molecule has 0 aromatic carbocycles. The zero-order valence-corrected chi connectivity index (χ0v) is 15.5. The van der Waals surface area contributed by atoms with E-state index in [2.05, 4.69) is 20.5 Å². The van der Waals surface area contributed by atoms with Crippen LogP contribution in [0.25, 0.3) is 0 Å². The summed E-state index contributed by atoms with van der Waals surface area (Å²) in [5, 5.41) is 10.3. The summed E-state index contributed by atoms with van der Waals surface area (Å²) in [6, 6.07) is 5.53. The molecule has 2 aromatic heterocycles. The van der Waals surface area contributed by atoms with Gasteiger partial charge in [0.2, 0.25) is 5.88 Å². The molecule has 0 radical (unpaired) electrons. The lowest BCUT2D eigenvalue weighted by Crippen LogP contribution is -2.14. The molecule has 0 saturated heterocycles. The number of rotatable bonds is 5. The fraction of sp³-hybridized carbons (Fsp3) is 0.571. The largest absolute Gasteiger partial charge is 0.474 e. The number of hydrogen-bond donors (Lipinski definition) is 2. The molecular formula is C21H26N4O2. The number of aromatic amines is 1. The van der Waals surface area contributed by atoms with Gasteiger partial charge in [-0.15, -0.1) is 0 Å². The van der Waals surface area contributed by atoms with E-state index in [0.29, 0.717) is 23.2 Å². The Morgan fingerprint density at radius 2 is 2.04 bits per heavy atom. The van der Waals surface area contributed by atoms with Crippen LogP contribution in [0.1, 0.15) is 73.3 Å². The zero-order chi connectivity index (χ0) is 18.2. The highest BCUT2D eigenvalue weighted by Crippen LogP contribution is 2.52. The molecule has 2 bridgehead atoms. The van der Waals surface area contributed by atoms with Crippen LogP contribution in [0.2, 0.25) is 0 Å². The van der Waals surface area contributed by atoms with Gasteiger partial charge in [0, 0.05) is 29.9 Å². The summed E-state index contributed by atoms with van der Waals surface area (Å²) in [5.74, 6) is 3.24. The van der Waals surface area contributed by atoms with Gasteiger partial charge in [-0.05, 0) is 62.8 Å². The van der Waals surface area contributed by atoms with Crippen LogP contribution in [0.5, 0.6) is 5.88 Å². The predicted molar refractivity (Wildman–Crippen MR) is 102 cm³/mol. The van der Waals surface area contributed by atoms with Crippen molar-refractivity contribution >= 4 is 11.7 Å². The minimum atomic E-state index is -0.194. The third-order valence-corrected chi connectivity index (χ3v) is 6.56. The van der Waals surface area contributed by atoms with Crippen LogP contribution < -0.4 is 10.1 Å². The molecule has 5 rings (SSSR count). The van der Waals surface area contributed by atoms with Crippen molar-refractivity contribution in [1.82, 2.24) is 15.2 Å². The number of hydrogen-bond acceptors (Lipinski definition) is 4. The van der Waals surface area contributed by atoms with Crippen molar-refractivity contribution in [2.24, 2.45) is 11.8 Å². The summed E-state index contributed by atoms with van der Waals surface area (Å²) in [4.78, 5) is 16.8. The van der Waals surface area contributed by atoms with E-state index in [-0.39, 0.29) is 12.0 Å². The molecule has 1 amide bonds. The monoisotopic (exact) mass is 366 g/mol. The molecule has 2 aromatic rings. The number of carbonyl (C=O) groups is 1. The zero-order valence-electron chi connectivity index (χ0n) is 15.5. The number of aromatic nitrogens is 3. The summed E-state index contributed by atoms with van der Waals surface area (Å²) in [5.41, 5.74) is 1.68. The summed E-state index contributed by atoms with van der Waals surface area (Å²) < 4.78 is 5.85. The van der Waals surface area contributed by atoms with Crippen molar-refractivity contribution in [3.63, 3.8) is 0 Å². The first kappa shape index (κ1) is 16.8. The van der Waals surface area contributed by atoms with Gasteiger partial charge < -0.3 is 10.1 Å². The van der Waals surface area contributed by atoms with Crippen LogP contribution in [0, 0.1) is 11.8 Å². The van der Waals surface area contributed by atoms with Gasteiger partial charge in [0.25, 0.3) is 5.91 Å². The van der Waals surface area contributed by atoms with Crippen molar-refractivity contribution in [2.75, 3.05) is 5.32 Å². The third kappa shape index (κ3) is 3.45. The average molecular weight is 366 g/mol. The third-order valence-electron chi connectivity index (χ3n) is 6.56. The van der Waals surface area contributed by atoms with Gasteiger partial charge in [0.15, 0.2) is 5.82 Å². The van der Waals surface area contributed by atoms with Crippen LogP contribution in [0.3, 0.4) is 0 Å². The number of ether oxygens (including phenoxy) is 1. The van der Waals surface area contributed by atoms with Gasteiger partial charge in [-0.25, -0.2) is 4.98 Å². The Morgan fingerprint density at radius 3 is 2.74 bits per heavy atom. The van der Waals surface area contributed by atoms with Gasteiger partial charge in [-0.1, -0.05) is 6.42 Å². The first-order chi connectivity index (χ1) is 13.2. The number of pyridine rings is 1. The summed E-state index contributed by atoms with van der Waals surface area (Å²) >= 11 is 0. The van der Waals surface area contributed by atoms with Crippen LogP contribution in [-0.2, 0) is 0 Å². The number of H-pyrrole nitrogens is 1. The van der Waals surface area contributed by atoms with Crippen LogP contribution in [0.15, 0.2) is 24.4 Å². The van der Waals surface area contributed by atoms with E-state index >= 15 is 0 Å². The Hall–Kier alpha value is -2.37. The number of amides is 1. The van der Waals surface area contributed by atoms with E-state index in [0.717, 1.165) is 30.4 Å². The molecule has 27 heavy (non-hydrogen) atoms. The van der Waals surface area contributed by atoms with E-state index in [9.17, 15) is 4.79 Å². The van der Waals surface area contributed by atoms with Gasteiger partial charge in [0.1, 0.15) is 6.10 Å². The van der Waals surface area contributed by atoms with Crippen molar-refractivity contribution < 1.29 is 9.53 Å². The summed E-state index contributed by atoms with van der Waals surface area (Å²) in [6.45, 7) is 0. The molecule has 142 valence electrons. The highest BCUT2D eigenvalue weighted by Gasteiger charge is 2.40. The van der Waals surface area contributed by atoms with Crippen LogP contribution in [0.4, 0.5) is 5.82 Å². The molecule has 3 unspecified atom stereocenters.